The van der Waals surface area contributed by atoms with E-state index >= 15 is 0 Å². The minimum atomic E-state index is -0.884. The van der Waals surface area contributed by atoms with Gasteiger partial charge in [-0.15, -0.1) is 0 Å². The molecule has 0 heterocycles. The molecule has 0 saturated carbocycles. The molecule has 84 valence electrons. The lowest BCUT2D eigenvalue weighted by atomic mass is 9.92. The van der Waals surface area contributed by atoms with E-state index in [0.29, 0.717) is 5.57 Å². The largest absolute Gasteiger partial charge is 0.392 e. The van der Waals surface area contributed by atoms with Crippen LogP contribution in [0, 0.1) is 0 Å². The molecule has 0 spiro atoms. The third-order valence-corrected chi connectivity index (χ3v) is 2.70. The molecule has 16 heavy (non-hydrogen) atoms. The van der Waals surface area contributed by atoms with Crippen molar-refractivity contribution in [1.29, 1.82) is 0 Å². The lowest BCUT2D eigenvalue weighted by Crippen LogP contribution is -2.26. The van der Waals surface area contributed by atoms with Gasteiger partial charge in [-0.3, -0.25) is 0 Å². The zero-order valence-corrected chi connectivity index (χ0v) is 8.74. The van der Waals surface area contributed by atoms with E-state index in [-0.39, 0.29) is 6.61 Å². The maximum Gasteiger partial charge on any atom is 0.109 e. The summed E-state index contributed by atoms with van der Waals surface area (Å²) in [6.45, 7) is 0.00437. The second-order valence-corrected chi connectivity index (χ2v) is 3.80. The van der Waals surface area contributed by atoms with E-state index in [4.69, 9.17) is 5.11 Å². The summed E-state index contributed by atoms with van der Waals surface area (Å²) in [7, 11) is 0. The molecule has 0 amide bonds. The van der Waals surface area contributed by atoms with Gasteiger partial charge in [0.1, 0.15) is 12.2 Å². The maximum absolute atomic E-state index is 9.80. The fourth-order valence-electron chi connectivity index (χ4n) is 1.73. The van der Waals surface area contributed by atoms with Crippen LogP contribution >= 0.6 is 0 Å². The number of aliphatic hydroxyl groups is 3. The Kier molecular flexibility index (Phi) is 3.19. The molecule has 0 saturated heterocycles. The molecule has 0 radical (unpaired) electrons. The molecule has 1 aromatic carbocycles. The summed E-state index contributed by atoms with van der Waals surface area (Å²) in [6.07, 6.45) is 3.33. The summed E-state index contributed by atoms with van der Waals surface area (Å²) < 4.78 is 0. The van der Waals surface area contributed by atoms with Crippen LogP contribution in [0.5, 0.6) is 0 Å². The Morgan fingerprint density at radius 2 is 1.75 bits per heavy atom. The van der Waals surface area contributed by atoms with Crippen LogP contribution in [0.3, 0.4) is 0 Å². The van der Waals surface area contributed by atoms with Crippen molar-refractivity contribution in [3.8, 4) is 0 Å². The van der Waals surface area contributed by atoms with E-state index in [1.807, 2.05) is 12.1 Å². The van der Waals surface area contributed by atoms with Crippen molar-refractivity contribution < 1.29 is 15.3 Å². The van der Waals surface area contributed by atoms with Crippen molar-refractivity contribution in [2.75, 3.05) is 0 Å². The molecule has 1 aliphatic carbocycles. The maximum atomic E-state index is 9.80. The zero-order valence-electron chi connectivity index (χ0n) is 8.74. The first-order valence-corrected chi connectivity index (χ1v) is 5.17. The van der Waals surface area contributed by atoms with Crippen LogP contribution in [-0.4, -0.2) is 27.5 Å². The second-order valence-electron chi connectivity index (χ2n) is 3.80. The normalized spacial score (nSPS) is 24.3. The van der Waals surface area contributed by atoms with Crippen LogP contribution in [0.15, 0.2) is 42.5 Å². The number of hydrogen-bond acceptors (Lipinski definition) is 3. The number of benzene rings is 1. The summed E-state index contributed by atoms with van der Waals surface area (Å²) in [5, 5.41) is 28.2. The third-order valence-electron chi connectivity index (χ3n) is 2.70. The van der Waals surface area contributed by atoms with Gasteiger partial charge in [-0.1, -0.05) is 42.5 Å². The summed E-state index contributed by atoms with van der Waals surface area (Å²) in [4.78, 5) is 0. The summed E-state index contributed by atoms with van der Waals surface area (Å²) in [5.74, 6) is 0. The highest BCUT2D eigenvalue weighted by atomic mass is 16.3. The molecule has 1 aromatic rings. The first-order chi connectivity index (χ1) is 7.72. The standard InChI is InChI=1S/C13H14O3/c14-8-9-4-6-10(7-5-9)11-2-1-3-12(15)13(11)16/h1-7,12-16H,8H2. The lowest BCUT2D eigenvalue weighted by Gasteiger charge is -2.21. The van der Waals surface area contributed by atoms with E-state index < -0.39 is 12.2 Å². The van der Waals surface area contributed by atoms with Gasteiger partial charge < -0.3 is 15.3 Å². The van der Waals surface area contributed by atoms with E-state index in [0.717, 1.165) is 11.1 Å². The minimum absolute atomic E-state index is 0.00437. The molecule has 0 fully saturated rings. The average molecular weight is 218 g/mol. The number of aliphatic hydroxyl groups excluding tert-OH is 3. The minimum Gasteiger partial charge on any atom is -0.392 e. The Morgan fingerprint density at radius 3 is 2.38 bits per heavy atom. The van der Waals surface area contributed by atoms with E-state index in [1.54, 1.807) is 30.4 Å². The van der Waals surface area contributed by atoms with Crippen molar-refractivity contribution in [2.24, 2.45) is 0 Å². The van der Waals surface area contributed by atoms with Crippen molar-refractivity contribution in [3.05, 3.63) is 53.6 Å². The van der Waals surface area contributed by atoms with Gasteiger partial charge in [-0.2, -0.15) is 0 Å². The molecule has 1 aliphatic rings. The number of allylic oxidation sites excluding steroid dienone is 2. The molecular formula is C13H14O3. The Morgan fingerprint density at radius 1 is 1.06 bits per heavy atom. The molecule has 3 nitrogen and oxygen atoms in total. The fraction of sp³-hybridized carbons (Fsp3) is 0.231. The highest BCUT2D eigenvalue weighted by Gasteiger charge is 2.21. The van der Waals surface area contributed by atoms with Crippen LogP contribution in [0.4, 0.5) is 0 Å². The van der Waals surface area contributed by atoms with Gasteiger partial charge in [0.2, 0.25) is 0 Å². The molecular weight excluding hydrogens is 204 g/mol. The highest BCUT2D eigenvalue weighted by molar-refractivity contribution is 5.72. The molecule has 3 heteroatoms. The second kappa shape index (κ2) is 4.61. The first-order valence-electron chi connectivity index (χ1n) is 5.17. The van der Waals surface area contributed by atoms with Gasteiger partial charge in [-0.25, -0.2) is 0 Å². The van der Waals surface area contributed by atoms with Crippen molar-refractivity contribution >= 4 is 5.57 Å². The third kappa shape index (κ3) is 2.07. The van der Waals surface area contributed by atoms with E-state index in [9.17, 15) is 10.2 Å². The average Bonchev–Trinajstić information content (AvgIpc) is 2.33. The van der Waals surface area contributed by atoms with Gasteiger partial charge in [0.25, 0.3) is 0 Å². The van der Waals surface area contributed by atoms with E-state index in [2.05, 4.69) is 0 Å². The number of hydrogen-bond donors (Lipinski definition) is 3. The smallest absolute Gasteiger partial charge is 0.109 e. The summed E-state index contributed by atoms with van der Waals surface area (Å²) >= 11 is 0. The van der Waals surface area contributed by atoms with Crippen molar-refractivity contribution in [1.82, 2.24) is 0 Å². The molecule has 3 N–H and O–H groups in total. The van der Waals surface area contributed by atoms with Gasteiger partial charge in [0, 0.05) is 0 Å². The van der Waals surface area contributed by atoms with Crippen LogP contribution in [0.2, 0.25) is 0 Å². The lowest BCUT2D eigenvalue weighted by molar-refractivity contribution is 0.0859. The monoisotopic (exact) mass is 218 g/mol. The summed E-state index contributed by atoms with van der Waals surface area (Å²) in [5.41, 5.74) is 2.37. The van der Waals surface area contributed by atoms with Crippen LogP contribution < -0.4 is 0 Å². The van der Waals surface area contributed by atoms with Crippen LogP contribution in [0.1, 0.15) is 11.1 Å². The highest BCUT2D eigenvalue weighted by Crippen LogP contribution is 2.24. The van der Waals surface area contributed by atoms with Crippen molar-refractivity contribution in [2.45, 2.75) is 18.8 Å². The molecule has 0 aliphatic heterocycles. The topological polar surface area (TPSA) is 60.7 Å². The Labute approximate surface area is 94.0 Å². The van der Waals surface area contributed by atoms with Crippen LogP contribution in [-0.2, 0) is 6.61 Å². The Balaban J connectivity index is 2.29. The number of rotatable bonds is 2. The van der Waals surface area contributed by atoms with Gasteiger partial charge in [0.15, 0.2) is 0 Å². The van der Waals surface area contributed by atoms with Crippen LogP contribution in [0.25, 0.3) is 5.57 Å². The van der Waals surface area contributed by atoms with Gasteiger partial charge >= 0.3 is 0 Å². The molecule has 0 aromatic heterocycles. The van der Waals surface area contributed by atoms with Gasteiger partial charge in [-0.05, 0) is 16.7 Å². The van der Waals surface area contributed by atoms with Gasteiger partial charge in [0.05, 0.1) is 6.61 Å². The fourth-order valence-corrected chi connectivity index (χ4v) is 1.73. The zero-order chi connectivity index (χ0) is 11.5. The summed E-state index contributed by atoms with van der Waals surface area (Å²) in [6, 6.07) is 7.25. The first kappa shape index (κ1) is 11.1. The van der Waals surface area contributed by atoms with Crippen molar-refractivity contribution in [3.63, 3.8) is 0 Å². The molecule has 2 rings (SSSR count). The quantitative estimate of drug-likeness (QED) is 0.689. The Bertz CT molecular complexity index is 417. The predicted octanol–water partition coefficient (Wildman–Crippen LogP) is 0.854. The predicted molar refractivity (Wildman–Crippen MR) is 61.5 cm³/mol. The Hall–Kier alpha value is -1.42. The molecule has 2 unspecified atom stereocenters. The SMILES string of the molecule is OCc1ccc(C2=CC=CC(O)C2O)cc1. The molecule has 0 bridgehead atoms. The van der Waals surface area contributed by atoms with E-state index in [1.165, 1.54) is 0 Å². The molecule has 2 atom stereocenters.